The number of aromatic nitrogens is 2. The van der Waals surface area contributed by atoms with Crippen molar-refractivity contribution in [1.82, 2.24) is 15.3 Å². The van der Waals surface area contributed by atoms with Crippen LogP contribution >= 0.6 is 0 Å². The first-order valence-electron chi connectivity index (χ1n) is 9.66. The van der Waals surface area contributed by atoms with Gasteiger partial charge in [-0.25, -0.2) is 9.97 Å². The van der Waals surface area contributed by atoms with Crippen LogP contribution in [0.15, 0.2) is 77.5 Å². The predicted octanol–water partition coefficient (Wildman–Crippen LogP) is 5.03. The lowest BCUT2D eigenvalue weighted by molar-refractivity contribution is 0.0948. The van der Waals surface area contributed by atoms with Gasteiger partial charge in [0.25, 0.3) is 5.91 Å². The number of carbonyl (C=O) groups excluding carboxylic acids is 1. The van der Waals surface area contributed by atoms with E-state index in [-0.39, 0.29) is 5.91 Å². The Morgan fingerprint density at radius 3 is 2.40 bits per heavy atom. The van der Waals surface area contributed by atoms with Crippen molar-refractivity contribution in [3.63, 3.8) is 0 Å². The van der Waals surface area contributed by atoms with Crippen LogP contribution in [0.4, 0.5) is 11.5 Å². The monoisotopic (exact) mass is 398 g/mol. The van der Waals surface area contributed by atoms with Gasteiger partial charge in [0.15, 0.2) is 0 Å². The fourth-order valence-corrected chi connectivity index (χ4v) is 3.01. The molecule has 1 amide bonds. The van der Waals surface area contributed by atoms with Crippen LogP contribution in [0.25, 0.3) is 11.3 Å². The molecule has 0 unspecified atom stereocenters. The second kappa shape index (κ2) is 8.61. The number of nitrogens with zero attached hydrogens (tertiary/aromatic N) is 2. The number of carbonyl (C=O) groups is 1. The van der Waals surface area contributed by atoms with Crippen LogP contribution in [0.2, 0.25) is 0 Å². The fourth-order valence-electron chi connectivity index (χ4n) is 3.01. The van der Waals surface area contributed by atoms with Gasteiger partial charge < -0.3 is 15.1 Å². The van der Waals surface area contributed by atoms with Crippen LogP contribution in [0.5, 0.6) is 0 Å². The first-order chi connectivity index (χ1) is 14.6. The van der Waals surface area contributed by atoms with Crippen LogP contribution in [0.3, 0.4) is 0 Å². The summed E-state index contributed by atoms with van der Waals surface area (Å²) in [6.07, 6.45) is 1.54. The summed E-state index contributed by atoms with van der Waals surface area (Å²) >= 11 is 0. The Balaban J connectivity index is 1.40. The zero-order valence-electron chi connectivity index (χ0n) is 16.8. The summed E-state index contributed by atoms with van der Waals surface area (Å²) in [4.78, 5) is 21.0. The number of anilines is 2. The average Bonchev–Trinajstić information content (AvgIpc) is 3.18. The third kappa shape index (κ3) is 4.72. The highest BCUT2D eigenvalue weighted by Gasteiger charge is 2.08. The van der Waals surface area contributed by atoms with Gasteiger partial charge >= 0.3 is 0 Å². The number of nitrogens with one attached hydrogen (secondary N) is 2. The molecular formula is C24H22N4O2. The standard InChI is InChI=1S/C24H22N4O2/c1-16-3-6-18(7-4-16)22-13-23(27-15-26-22)28-20-10-8-19(9-11-20)24(29)25-14-21-12-5-17(2)30-21/h3-13,15H,14H2,1-2H3,(H,25,29)(H,26,27,28). The molecule has 6 heteroatoms. The van der Waals surface area contributed by atoms with Gasteiger partial charge in [-0.2, -0.15) is 0 Å². The topological polar surface area (TPSA) is 80.0 Å². The molecule has 0 aliphatic heterocycles. The highest BCUT2D eigenvalue weighted by molar-refractivity contribution is 5.94. The van der Waals surface area contributed by atoms with E-state index in [0.29, 0.717) is 17.9 Å². The first kappa shape index (κ1) is 19.4. The van der Waals surface area contributed by atoms with E-state index in [1.165, 1.54) is 11.9 Å². The summed E-state index contributed by atoms with van der Waals surface area (Å²) in [5.41, 5.74) is 4.49. The molecule has 0 bridgehead atoms. The maximum absolute atomic E-state index is 12.3. The largest absolute Gasteiger partial charge is 0.465 e. The summed E-state index contributed by atoms with van der Waals surface area (Å²) in [5.74, 6) is 2.09. The lowest BCUT2D eigenvalue weighted by Gasteiger charge is -2.09. The van der Waals surface area contributed by atoms with E-state index >= 15 is 0 Å². The van der Waals surface area contributed by atoms with Crippen LogP contribution in [0, 0.1) is 13.8 Å². The lowest BCUT2D eigenvalue weighted by atomic mass is 10.1. The molecule has 6 nitrogen and oxygen atoms in total. The molecular weight excluding hydrogens is 376 g/mol. The molecule has 0 aliphatic carbocycles. The van der Waals surface area contributed by atoms with Gasteiger partial charge in [0.1, 0.15) is 23.7 Å². The highest BCUT2D eigenvalue weighted by atomic mass is 16.3. The van der Waals surface area contributed by atoms with Crippen molar-refractivity contribution in [2.24, 2.45) is 0 Å². The predicted molar refractivity (Wildman–Crippen MR) is 117 cm³/mol. The number of hydrogen-bond donors (Lipinski definition) is 2. The summed E-state index contributed by atoms with van der Waals surface area (Å²) in [7, 11) is 0. The van der Waals surface area contributed by atoms with Gasteiger partial charge in [-0.3, -0.25) is 4.79 Å². The van der Waals surface area contributed by atoms with E-state index in [2.05, 4.69) is 39.7 Å². The van der Waals surface area contributed by atoms with Gasteiger partial charge in [0.05, 0.1) is 12.2 Å². The van der Waals surface area contributed by atoms with Crippen molar-refractivity contribution in [3.8, 4) is 11.3 Å². The van der Waals surface area contributed by atoms with Gasteiger partial charge in [0.2, 0.25) is 0 Å². The maximum atomic E-state index is 12.3. The zero-order valence-corrected chi connectivity index (χ0v) is 16.8. The van der Waals surface area contributed by atoms with Crippen molar-refractivity contribution in [2.75, 3.05) is 5.32 Å². The molecule has 2 aromatic carbocycles. The Bertz CT molecular complexity index is 1150. The summed E-state index contributed by atoms with van der Waals surface area (Å²) in [6.45, 7) is 4.28. The van der Waals surface area contributed by atoms with Gasteiger partial charge in [-0.15, -0.1) is 0 Å². The number of rotatable bonds is 6. The van der Waals surface area contributed by atoms with Gasteiger partial charge in [-0.05, 0) is 50.2 Å². The summed E-state index contributed by atoms with van der Waals surface area (Å²) in [5, 5.41) is 6.11. The highest BCUT2D eigenvalue weighted by Crippen LogP contribution is 2.21. The van der Waals surface area contributed by atoms with Crippen molar-refractivity contribution in [2.45, 2.75) is 20.4 Å². The molecule has 0 aliphatic rings. The van der Waals surface area contributed by atoms with E-state index in [9.17, 15) is 4.79 Å². The van der Waals surface area contributed by atoms with Gasteiger partial charge in [0, 0.05) is 22.9 Å². The lowest BCUT2D eigenvalue weighted by Crippen LogP contribution is -2.22. The number of hydrogen-bond acceptors (Lipinski definition) is 5. The summed E-state index contributed by atoms with van der Waals surface area (Å²) < 4.78 is 5.47. The van der Waals surface area contributed by atoms with Crippen molar-refractivity contribution in [3.05, 3.63) is 95.7 Å². The third-order valence-electron chi connectivity index (χ3n) is 4.65. The Hall–Kier alpha value is -3.93. The molecule has 2 aromatic heterocycles. The molecule has 2 heterocycles. The van der Waals surface area contributed by atoms with E-state index in [1.807, 2.05) is 49.4 Å². The van der Waals surface area contributed by atoms with E-state index in [0.717, 1.165) is 28.5 Å². The second-order valence-electron chi connectivity index (χ2n) is 7.05. The van der Waals surface area contributed by atoms with Crippen LogP contribution in [0.1, 0.15) is 27.4 Å². The number of aryl methyl sites for hydroxylation is 2. The molecule has 0 saturated carbocycles. The first-order valence-corrected chi connectivity index (χ1v) is 9.66. The Kier molecular flexibility index (Phi) is 5.57. The van der Waals surface area contributed by atoms with Gasteiger partial charge in [-0.1, -0.05) is 29.8 Å². The number of benzene rings is 2. The normalized spacial score (nSPS) is 10.6. The third-order valence-corrected chi connectivity index (χ3v) is 4.65. The molecule has 0 fully saturated rings. The Morgan fingerprint density at radius 2 is 1.70 bits per heavy atom. The molecule has 0 spiro atoms. The van der Waals surface area contributed by atoms with E-state index in [1.54, 1.807) is 12.1 Å². The molecule has 4 rings (SSSR count). The van der Waals surface area contributed by atoms with Crippen molar-refractivity contribution < 1.29 is 9.21 Å². The van der Waals surface area contributed by atoms with E-state index < -0.39 is 0 Å². The maximum Gasteiger partial charge on any atom is 0.251 e. The summed E-state index contributed by atoms with van der Waals surface area (Å²) in [6, 6.07) is 21.1. The van der Waals surface area contributed by atoms with Crippen LogP contribution in [-0.2, 0) is 6.54 Å². The number of amides is 1. The molecule has 150 valence electrons. The SMILES string of the molecule is Cc1ccc(-c2cc(Nc3ccc(C(=O)NCc4ccc(C)o4)cc3)ncn2)cc1. The van der Waals surface area contributed by atoms with Crippen LogP contribution < -0.4 is 10.6 Å². The minimum Gasteiger partial charge on any atom is -0.465 e. The molecule has 30 heavy (non-hydrogen) atoms. The molecule has 2 N–H and O–H groups in total. The quantitative estimate of drug-likeness (QED) is 0.476. The average molecular weight is 398 g/mol. The molecule has 0 radical (unpaired) electrons. The fraction of sp³-hybridized carbons (Fsp3) is 0.125. The van der Waals surface area contributed by atoms with E-state index in [4.69, 9.17) is 4.42 Å². The zero-order chi connectivity index (χ0) is 20.9. The minimum atomic E-state index is -0.153. The van der Waals surface area contributed by atoms with Crippen LogP contribution in [-0.4, -0.2) is 15.9 Å². The minimum absolute atomic E-state index is 0.153. The van der Waals surface area contributed by atoms with Crippen molar-refractivity contribution in [1.29, 1.82) is 0 Å². The Labute approximate surface area is 175 Å². The second-order valence-corrected chi connectivity index (χ2v) is 7.05. The molecule has 0 atom stereocenters. The smallest absolute Gasteiger partial charge is 0.251 e. The van der Waals surface area contributed by atoms with Crippen molar-refractivity contribution >= 4 is 17.4 Å². The number of furan rings is 1. The molecule has 0 saturated heterocycles. The molecule has 4 aromatic rings. The Morgan fingerprint density at radius 1 is 0.933 bits per heavy atom.